The van der Waals surface area contributed by atoms with Gasteiger partial charge in [0.1, 0.15) is 5.82 Å². The van der Waals surface area contributed by atoms with E-state index in [0.29, 0.717) is 19.2 Å². The molecule has 0 atom stereocenters. The van der Waals surface area contributed by atoms with Crippen molar-refractivity contribution < 1.29 is 9.84 Å². The van der Waals surface area contributed by atoms with Gasteiger partial charge in [0.25, 0.3) is 0 Å². The first-order chi connectivity index (χ1) is 13.0. The van der Waals surface area contributed by atoms with Gasteiger partial charge in [-0.2, -0.15) is 4.98 Å². The van der Waals surface area contributed by atoms with Gasteiger partial charge in [-0.3, -0.25) is 0 Å². The summed E-state index contributed by atoms with van der Waals surface area (Å²) in [6.45, 7) is 7.69. The molecule has 2 aliphatic rings. The fourth-order valence-electron chi connectivity index (χ4n) is 3.52. The van der Waals surface area contributed by atoms with Gasteiger partial charge in [-0.1, -0.05) is 0 Å². The van der Waals surface area contributed by atoms with Crippen molar-refractivity contribution in [3.05, 3.63) is 18.0 Å². The molecule has 0 radical (unpaired) electrons. The van der Waals surface area contributed by atoms with Crippen molar-refractivity contribution in [3.8, 4) is 11.3 Å². The van der Waals surface area contributed by atoms with Gasteiger partial charge >= 0.3 is 0 Å². The first-order valence-corrected chi connectivity index (χ1v) is 9.19. The van der Waals surface area contributed by atoms with Gasteiger partial charge in [0.15, 0.2) is 0 Å². The molecule has 4 heterocycles. The van der Waals surface area contributed by atoms with Crippen LogP contribution in [0.5, 0.6) is 0 Å². The molecule has 9 nitrogen and oxygen atoms in total. The zero-order valence-electron chi connectivity index (χ0n) is 15.7. The number of aromatic nitrogens is 4. The molecule has 3 N–H and O–H groups in total. The van der Waals surface area contributed by atoms with Gasteiger partial charge in [-0.05, 0) is 20.3 Å². The molecule has 0 aliphatic carbocycles. The summed E-state index contributed by atoms with van der Waals surface area (Å²) >= 11 is 0. The van der Waals surface area contributed by atoms with Crippen molar-refractivity contribution in [3.63, 3.8) is 0 Å². The molecule has 1 fully saturated rings. The SMILES string of the molecule is CC(C)(CO)N1CCc2c(-c3cnc(N)nc3)nc(N3CCOCC3)nc21. The number of aliphatic hydroxyl groups excluding tert-OH is 1. The second kappa shape index (κ2) is 6.90. The van der Waals surface area contributed by atoms with Crippen LogP contribution in [0.1, 0.15) is 19.4 Å². The van der Waals surface area contributed by atoms with E-state index in [1.165, 1.54) is 0 Å². The maximum atomic E-state index is 9.87. The van der Waals surface area contributed by atoms with E-state index in [4.69, 9.17) is 20.4 Å². The summed E-state index contributed by atoms with van der Waals surface area (Å²) in [6, 6.07) is 0. The maximum Gasteiger partial charge on any atom is 0.228 e. The summed E-state index contributed by atoms with van der Waals surface area (Å²) in [6.07, 6.45) is 4.21. The number of fused-ring (bicyclic) bond motifs is 1. The third-order valence-corrected chi connectivity index (χ3v) is 5.17. The van der Waals surface area contributed by atoms with Crippen molar-refractivity contribution in [1.29, 1.82) is 0 Å². The number of rotatable bonds is 4. The van der Waals surface area contributed by atoms with Gasteiger partial charge < -0.3 is 25.4 Å². The number of aliphatic hydroxyl groups is 1. The highest BCUT2D eigenvalue weighted by Crippen LogP contribution is 2.38. The molecule has 2 aromatic rings. The number of hydrogen-bond donors (Lipinski definition) is 2. The van der Waals surface area contributed by atoms with Gasteiger partial charge in [-0.25, -0.2) is 15.0 Å². The summed E-state index contributed by atoms with van der Waals surface area (Å²) in [4.78, 5) is 22.3. The van der Waals surface area contributed by atoms with Crippen LogP contribution >= 0.6 is 0 Å². The first-order valence-electron chi connectivity index (χ1n) is 9.19. The van der Waals surface area contributed by atoms with Crippen molar-refractivity contribution in [1.82, 2.24) is 19.9 Å². The largest absolute Gasteiger partial charge is 0.394 e. The Kier molecular flexibility index (Phi) is 4.56. The minimum Gasteiger partial charge on any atom is -0.394 e. The molecular weight excluding hydrogens is 346 g/mol. The van der Waals surface area contributed by atoms with Crippen LogP contribution in [0, 0.1) is 0 Å². The quantitative estimate of drug-likeness (QED) is 0.792. The van der Waals surface area contributed by atoms with Gasteiger partial charge in [0.2, 0.25) is 11.9 Å². The van der Waals surface area contributed by atoms with Crippen LogP contribution in [0.4, 0.5) is 17.7 Å². The van der Waals surface area contributed by atoms with Crippen LogP contribution in [-0.2, 0) is 11.2 Å². The Morgan fingerprint density at radius 2 is 1.85 bits per heavy atom. The van der Waals surface area contributed by atoms with E-state index in [0.717, 1.165) is 48.7 Å². The van der Waals surface area contributed by atoms with Crippen LogP contribution in [0.3, 0.4) is 0 Å². The molecule has 4 rings (SSSR count). The van der Waals surface area contributed by atoms with E-state index in [1.807, 2.05) is 13.8 Å². The van der Waals surface area contributed by atoms with Gasteiger partial charge in [0.05, 0.1) is 31.1 Å². The minimum atomic E-state index is -0.406. The fourth-order valence-corrected chi connectivity index (χ4v) is 3.52. The Hall–Kier alpha value is -2.52. The summed E-state index contributed by atoms with van der Waals surface area (Å²) in [5.74, 6) is 1.78. The number of nitrogens with two attached hydrogens (primary N) is 1. The third kappa shape index (κ3) is 3.28. The summed E-state index contributed by atoms with van der Waals surface area (Å²) in [5.41, 5.74) is 7.95. The molecule has 0 bridgehead atoms. The number of ether oxygens (including phenoxy) is 1. The standard InChI is InChI=1S/C18H25N7O2/c1-18(2,11-26)25-4-3-13-14(12-9-20-16(19)21-10-12)22-17(23-15(13)25)24-5-7-27-8-6-24/h9-10,26H,3-8,11H2,1-2H3,(H2,19,20,21). The predicted octanol–water partition coefficient (Wildman–Crippen LogP) is 0.486. The van der Waals surface area contributed by atoms with E-state index in [2.05, 4.69) is 19.8 Å². The Morgan fingerprint density at radius 3 is 2.52 bits per heavy atom. The zero-order valence-corrected chi connectivity index (χ0v) is 15.7. The van der Waals surface area contributed by atoms with Crippen LogP contribution in [0.2, 0.25) is 0 Å². The highest BCUT2D eigenvalue weighted by atomic mass is 16.5. The highest BCUT2D eigenvalue weighted by Gasteiger charge is 2.36. The number of nitrogens with zero attached hydrogens (tertiary/aromatic N) is 6. The molecule has 0 saturated carbocycles. The lowest BCUT2D eigenvalue weighted by molar-refractivity contribution is 0.122. The topological polar surface area (TPSA) is 114 Å². The predicted molar refractivity (Wildman–Crippen MR) is 103 cm³/mol. The lowest BCUT2D eigenvalue weighted by Crippen LogP contribution is -2.46. The van der Waals surface area contributed by atoms with E-state index in [1.54, 1.807) is 12.4 Å². The van der Waals surface area contributed by atoms with Crippen molar-refractivity contribution in [2.75, 3.05) is 55.0 Å². The van der Waals surface area contributed by atoms with E-state index in [9.17, 15) is 5.11 Å². The zero-order chi connectivity index (χ0) is 19.0. The van der Waals surface area contributed by atoms with Crippen LogP contribution in [0.25, 0.3) is 11.3 Å². The monoisotopic (exact) mass is 371 g/mol. The average molecular weight is 371 g/mol. The van der Waals surface area contributed by atoms with Gasteiger partial charge in [-0.15, -0.1) is 0 Å². The number of morpholine rings is 1. The van der Waals surface area contributed by atoms with Crippen LogP contribution in [-0.4, -0.2) is 70.0 Å². The summed E-state index contributed by atoms with van der Waals surface area (Å²) in [7, 11) is 0. The van der Waals surface area contributed by atoms with Crippen LogP contribution in [0.15, 0.2) is 12.4 Å². The van der Waals surface area contributed by atoms with Crippen LogP contribution < -0.4 is 15.5 Å². The molecule has 2 aromatic heterocycles. The highest BCUT2D eigenvalue weighted by molar-refractivity contribution is 5.73. The molecule has 1 saturated heterocycles. The summed E-state index contributed by atoms with van der Waals surface area (Å²) < 4.78 is 5.46. The molecule has 9 heteroatoms. The molecule has 144 valence electrons. The molecular formula is C18H25N7O2. The second-order valence-electron chi connectivity index (χ2n) is 7.48. The average Bonchev–Trinajstić information content (AvgIpc) is 3.13. The molecule has 2 aliphatic heterocycles. The fraction of sp³-hybridized carbons (Fsp3) is 0.556. The summed E-state index contributed by atoms with van der Waals surface area (Å²) in [5, 5.41) is 9.87. The molecule has 0 amide bonds. The third-order valence-electron chi connectivity index (χ3n) is 5.17. The maximum absolute atomic E-state index is 9.87. The Balaban J connectivity index is 1.84. The smallest absolute Gasteiger partial charge is 0.228 e. The van der Waals surface area contributed by atoms with E-state index >= 15 is 0 Å². The Bertz CT molecular complexity index is 819. The second-order valence-corrected chi connectivity index (χ2v) is 7.48. The van der Waals surface area contributed by atoms with Gasteiger partial charge in [0, 0.05) is 43.2 Å². The lowest BCUT2D eigenvalue weighted by Gasteiger charge is -2.36. The van der Waals surface area contributed by atoms with Crippen molar-refractivity contribution in [2.24, 2.45) is 0 Å². The molecule has 0 unspecified atom stereocenters. The normalized spacial score (nSPS) is 17.3. The number of hydrogen-bond acceptors (Lipinski definition) is 9. The molecule has 27 heavy (non-hydrogen) atoms. The lowest BCUT2D eigenvalue weighted by atomic mass is 10.1. The van der Waals surface area contributed by atoms with Crippen molar-refractivity contribution >= 4 is 17.7 Å². The number of nitrogen functional groups attached to an aromatic ring is 1. The first kappa shape index (κ1) is 17.9. The molecule has 0 aromatic carbocycles. The minimum absolute atomic E-state index is 0.0453. The van der Waals surface area contributed by atoms with E-state index in [-0.39, 0.29) is 12.6 Å². The molecule has 0 spiro atoms. The number of anilines is 3. The Morgan fingerprint density at radius 1 is 1.15 bits per heavy atom. The Labute approximate surface area is 158 Å². The van der Waals surface area contributed by atoms with E-state index < -0.39 is 5.54 Å². The van der Waals surface area contributed by atoms with Crippen molar-refractivity contribution in [2.45, 2.75) is 25.8 Å².